The SMILES string of the molecule is CCC[N+](C)(C)c1ccc(C)cc1. The Bertz CT molecular complexity index is 259. The fourth-order valence-corrected chi connectivity index (χ4v) is 1.64. The van der Waals surface area contributed by atoms with Gasteiger partial charge in [-0.25, -0.2) is 0 Å². The molecule has 0 aliphatic rings. The third-order valence-electron chi connectivity index (χ3n) is 2.52. The summed E-state index contributed by atoms with van der Waals surface area (Å²) in [5.74, 6) is 0. The number of rotatable bonds is 3. The quantitative estimate of drug-likeness (QED) is 0.624. The molecule has 0 spiro atoms. The van der Waals surface area contributed by atoms with Gasteiger partial charge in [0.2, 0.25) is 0 Å². The van der Waals surface area contributed by atoms with Gasteiger partial charge in [0.15, 0.2) is 0 Å². The van der Waals surface area contributed by atoms with Crippen LogP contribution in [0.1, 0.15) is 18.9 Å². The Hall–Kier alpha value is -0.820. The van der Waals surface area contributed by atoms with Gasteiger partial charge in [-0.3, -0.25) is 4.48 Å². The predicted molar refractivity (Wildman–Crippen MR) is 60.0 cm³/mol. The van der Waals surface area contributed by atoms with E-state index < -0.39 is 0 Å². The lowest BCUT2D eigenvalue weighted by Gasteiger charge is -2.28. The Kier molecular flexibility index (Phi) is 3.10. The van der Waals surface area contributed by atoms with Crippen molar-refractivity contribution in [3.63, 3.8) is 0 Å². The molecule has 0 aromatic heterocycles. The van der Waals surface area contributed by atoms with E-state index in [9.17, 15) is 0 Å². The second-order valence-corrected chi connectivity index (χ2v) is 4.24. The molecule has 0 N–H and O–H groups in total. The molecule has 13 heavy (non-hydrogen) atoms. The van der Waals surface area contributed by atoms with Crippen molar-refractivity contribution in [1.29, 1.82) is 0 Å². The average Bonchev–Trinajstić information content (AvgIpc) is 2.05. The highest BCUT2D eigenvalue weighted by molar-refractivity contribution is 5.42. The molecular formula is C12H20N+. The van der Waals surface area contributed by atoms with E-state index in [0.29, 0.717) is 0 Å². The molecule has 1 aromatic carbocycles. The van der Waals surface area contributed by atoms with Crippen molar-refractivity contribution < 1.29 is 0 Å². The summed E-state index contributed by atoms with van der Waals surface area (Å²) in [4.78, 5) is 0. The summed E-state index contributed by atoms with van der Waals surface area (Å²) in [6.45, 7) is 5.56. The molecule has 0 fully saturated rings. The number of nitrogens with zero attached hydrogens (tertiary/aromatic N) is 1. The van der Waals surface area contributed by atoms with Crippen LogP contribution in [-0.2, 0) is 0 Å². The Labute approximate surface area is 81.6 Å². The lowest BCUT2D eigenvalue weighted by molar-refractivity contribution is 0.398. The maximum Gasteiger partial charge on any atom is 0.132 e. The van der Waals surface area contributed by atoms with E-state index in [2.05, 4.69) is 52.2 Å². The van der Waals surface area contributed by atoms with Crippen molar-refractivity contribution in [2.45, 2.75) is 20.3 Å². The van der Waals surface area contributed by atoms with Crippen LogP contribution in [0.5, 0.6) is 0 Å². The van der Waals surface area contributed by atoms with Crippen molar-refractivity contribution in [3.8, 4) is 0 Å². The minimum absolute atomic E-state index is 0.983. The Balaban J connectivity index is 2.87. The maximum absolute atomic E-state index is 2.26. The van der Waals surface area contributed by atoms with Crippen LogP contribution in [0.15, 0.2) is 24.3 Å². The topological polar surface area (TPSA) is 0 Å². The smallest absolute Gasteiger partial charge is 0.132 e. The zero-order valence-corrected chi connectivity index (χ0v) is 9.17. The lowest BCUT2D eigenvalue weighted by atomic mass is 10.2. The minimum atomic E-state index is 0.983. The molecule has 0 bridgehead atoms. The summed E-state index contributed by atoms with van der Waals surface area (Å²) >= 11 is 0. The molecule has 1 heteroatoms. The highest BCUT2D eigenvalue weighted by Crippen LogP contribution is 2.19. The molecule has 0 aliphatic carbocycles. The van der Waals surface area contributed by atoms with Gasteiger partial charge in [0, 0.05) is 0 Å². The van der Waals surface area contributed by atoms with Gasteiger partial charge in [-0.1, -0.05) is 24.6 Å². The molecule has 0 radical (unpaired) electrons. The second kappa shape index (κ2) is 3.93. The fraction of sp³-hybridized carbons (Fsp3) is 0.500. The van der Waals surface area contributed by atoms with Gasteiger partial charge in [-0.2, -0.15) is 0 Å². The number of aryl methyl sites for hydroxylation is 1. The highest BCUT2D eigenvalue weighted by atomic mass is 15.3. The molecule has 0 atom stereocenters. The zero-order chi connectivity index (χ0) is 9.90. The Morgan fingerprint density at radius 1 is 1.08 bits per heavy atom. The first-order chi connectivity index (χ1) is 6.06. The second-order valence-electron chi connectivity index (χ2n) is 4.24. The molecule has 72 valence electrons. The van der Waals surface area contributed by atoms with Gasteiger partial charge < -0.3 is 0 Å². The maximum atomic E-state index is 2.26. The number of hydrogen-bond acceptors (Lipinski definition) is 0. The third kappa shape index (κ3) is 2.56. The number of hydrogen-bond donors (Lipinski definition) is 0. The third-order valence-corrected chi connectivity index (χ3v) is 2.52. The summed E-state index contributed by atoms with van der Waals surface area (Å²) in [5.41, 5.74) is 2.73. The molecule has 1 nitrogen and oxygen atoms in total. The number of benzene rings is 1. The standard InChI is InChI=1S/C12H20N/c1-5-10-13(3,4)12-8-6-11(2)7-9-12/h6-9H,5,10H2,1-4H3/q+1. The van der Waals surface area contributed by atoms with Gasteiger partial charge in [-0.15, -0.1) is 0 Å². The monoisotopic (exact) mass is 178 g/mol. The van der Waals surface area contributed by atoms with Crippen molar-refractivity contribution in [2.75, 3.05) is 20.6 Å². The fourth-order valence-electron chi connectivity index (χ4n) is 1.64. The van der Waals surface area contributed by atoms with Crippen LogP contribution in [0.25, 0.3) is 0 Å². The minimum Gasteiger partial charge on any atom is -0.296 e. The molecular weight excluding hydrogens is 158 g/mol. The largest absolute Gasteiger partial charge is 0.296 e. The Morgan fingerprint density at radius 2 is 1.62 bits per heavy atom. The lowest BCUT2D eigenvalue weighted by Crippen LogP contribution is -2.40. The molecule has 0 heterocycles. The van der Waals surface area contributed by atoms with E-state index in [4.69, 9.17) is 0 Å². The van der Waals surface area contributed by atoms with E-state index >= 15 is 0 Å². The van der Waals surface area contributed by atoms with Crippen molar-refractivity contribution in [2.24, 2.45) is 0 Å². The van der Waals surface area contributed by atoms with Crippen molar-refractivity contribution in [3.05, 3.63) is 29.8 Å². The molecule has 1 aromatic rings. The van der Waals surface area contributed by atoms with Crippen molar-refractivity contribution in [1.82, 2.24) is 4.48 Å². The summed E-state index contributed by atoms with van der Waals surface area (Å²) < 4.78 is 0.983. The molecule has 0 unspecified atom stereocenters. The van der Waals surface area contributed by atoms with E-state index in [-0.39, 0.29) is 0 Å². The summed E-state index contributed by atoms with van der Waals surface area (Å²) in [6.07, 6.45) is 1.22. The first-order valence-electron chi connectivity index (χ1n) is 4.96. The highest BCUT2D eigenvalue weighted by Gasteiger charge is 2.16. The first-order valence-corrected chi connectivity index (χ1v) is 4.96. The predicted octanol–water partition coefficient (Wildman–Crippen LogP) is 2.97. The zero-order valence-electron chi connectivity index (χ0n) is 9.17. The van der Waals surface area contributed by atoms with Crippen LogP contribution in [0, 0.1) is 6.92 Å². The molecule has 0 saturated heterocycles. The van der Waals surface area contributed by atoms with Crippen LogP contribution in [-0.4, -0.2) is 20.6 Å². The van der Waals surface area contributed by atoms with E-state index in [1.807, 2.05) is 0 Å². The van der Waals surface area contributed by atoms with Crippen LogP contribution in [0.2, 0.25) is 0 Å². The van der Waals surface area contributed by atoms with Crippen LogP contribution >= 0.6 is 0 Å². The molecule has 1 rings (SSSR count). The van der Waals surface area contributed by atoms with E-state index in [1.54, 1.807) is 0 Å². The van der Waals surface area contributed by atoms with Gasteiger partial charge in [0.25, 0.3) is 0 Å². The van der Waals surface area contributed by atoms with Crippen LogP contribution in [0.3, 0.4) is 0 Å². The van der Waals surface area contributed by atoms with Gasteiger partial charge in [0.05, 0.1) is 20.6 Å². The van der Waals surface area contributed by atoms with E-state index in [0.717, 1.165) is 4.48 Å². The summed E-state index contributed by atoms with van der Waals surface area (Å²) in [7, 11) is 4.52. The van der Waals surface area contributed by atoms with E-state index in [1.165, 1.54) is 24.2 Å². The van der Waals surface area contributed by atoms with Gasteiger partial charge in [-0.05, 0) is 25.5 Å². The Morgan fingerprint density at radius 3 is 2.08 bits per heavy atom. The van der Waals surface area contributed by atoms with Gasteiger partial charge >= 0.3 is 0 Å². The molecule has 0 aliphatic heterocycles. The summed E-state index contributed by atoms with van der Waals surface area (Å²) in [5, 5.41) is 0. The van der Waals surface area contributed by atoms with Gasteiger partial charge in [0.1, 0.15) is 5.69 Å². The number of quaternary nitrogens is 1. The molecule has 0 amide bonds. The first kappa shape index (κ1) is 10.3. The van der Waals surface area contributed by atoms with Crippen molar-refractivity contribution >= 4 is 5.69 Å². The normalized spacial score (nSPS) is 11.7. The summed E-state index contributed by atoms with van der Waals surface area (Å²) in [6, 6.07) is 8.83. The molecule has 0 saturated carbocycles. The average molecular weight is 178 g/mol. The van der Waals surface area contributed by atoms with Crippen LogP contribution < -0.4 is 4.48 Å². The van der Waals surface area contributed by atoms with Crippen LogP contribution in [0.4, 0.5) is 5.69 Å².